The maximum atomic E-state index is 12.1. The van der Waals surface area contributed by atoms with E-state index in [-0.39, 0.29) is 5.91 Å². The number of hydrogen-bond acceptors (Lipinski definition) is 3. The van der Waals surface area contributed by atoms with E-state index in [4.69, 9.17) is 4.74 Å². The van der Waals surface area contributed by atoms with Crippen LogP contribution in [0.2, 0.25) is 0 Å². The summed E-state index contributed by atoms with van der Waals surface area (Å²) in [5.41, 5.74) is 1.92. The van der Waals surface area contributed by atoms with Gasteiger partial charge in [-0.25, -0.2) is 0 Å². The molecule has 0 aliphatic rings. The molecule has 0 saturated carbocycles. The van der Waals surface area contributed by atoms with Gasteiger partial charge in [0.2, 0.25) is 5.91 Å². The predicted molar refractivity (Wildman–Crippen MR) is 88.2 cm³/mol. The van der Waals surface area contributed by atoms with Gasteiger partial charge in [-0.1, -0.05) is 30.3 Å². The van der Waals surface area contributed by atoms with Crippen LogP contribution in [0.5, 0.6) is 5.75 Å². The number of hydrogen-bond donors (Lipinski definition) is 1. The summed E-state index contributed by atoms with van der Waals surface area (Å²) in [4.78, 5) is 13.2. The van der Waals surface area contributed by atoms with Crippen molar-refractivity contribution in [2.24, 2.45) is 0 Å². The fraction of sp³-hybridized carbons (Fsp3) is 0.235. The molecular weight excluding hydrogens is 282 g/mol. The normalized spacial score (nSPS) is 10.2. The lowest BCUT2D eigenvalue weighted by Gasteiger charge is -2.10. The number of anilines is 1. The monoisotopic (exact) mass is 301 g/mol. The van der Waals surface area contributed by atoms with Crippen LogP contribution in [-0.4, -0.2) is 19.3 Å². The van der Waals surface area contributed by atoms with Crippen molar-refractivity contribution in [1.82, 2.24) is 0 Å². The molecule has 0 heterocycles. The average Bonchev–Trinajstić information content (AvgIpc) is 2.53. The molecule has 2 aromatic carbocycles. The summed E-state index contributed by atoms with van der Waals surface area (Å²) in [5.74, 6) is 0.845. The van der Waals surface area contributed by atoms with E-state index >= 15 is 0 Å². The van der Waals surface area contributed by atoms with Crippen LogP contribution in [-0.2, 0) is 11.2 Å². The number of carbonyl (C=O) groups is 1. The molecule has 4 heteroatoms. The molecule has 0 fully saturated rings. The highest BCUT2D eigenvalue weighted by Crippen LogP contribution is 2.25. The highest BCUT2D eigenvalue weighted by molar-refractivity contribution is 7.98. The van der Waals surface area contributed by atoms with Gasteiger partial charge in [0, 0.05) is 11.3 Å². The van der Waals surface area contributed by atoms with Gasteiger partial charge < -0.3 is 10.1 Å². The minimum atomic E-state index is 0.0161. The predicted octanol–water partition coefficient (Wildman–Crippen LogP) is 3.99. The molecular formula is C17H19NO2S. The minimum Gasteiger partial charge on any atom is -0.496 e. The highest BCUT2D eigenvalue weighted by Gasteiger charge is 2.08. The maximum Gasteiger partial charge on any atom is 0.224 e. The summed E-state index contributed by atoms with van der Waals surface area (Å²) in [6.45, 7) is 0. The zero-order valence-electron chi connectivity index (χ0n) is 12.3. The summed E-state index contributed by atoms with van der Waals surface area (Å²) in [7, 11) is 1.65. The Labute approximate surface area is 129 Å². The van der Waals surface area contributed by atoms with Crippen molar-refractivity contribution in [3.8, 4) is 5.75 Å². The van der Waals surface area contributed by atoms with Crippen LogP contribution >= 0.6 is 11.8 Å². The van der Waals surface area contributed by atoms with Crippen molar-refractivity contribution < 1.29 is 9.53 Å². The second-order valence-corrected chi connectivity index (χ2v) is 5.41. The quantitative estimate of drug-likeness (QED) is 0.820. The molecule has 0 bridgehead atoms. The zero-order chi connectivity index (χ0) is 15.1. The van der Waals surface area contributed by atoms with E-state index < -0.39 is 0 Å². The molecule has 0 atom stereocenters. The van der Waals surface area contributed by atoms with Crippen molar-refractivity contribution in [1.29, 1.82) is 0 Å². The molecule has 0 aromatic heterocycles. The third-order valence-corrected chi connectivity index (χ3v) is 3.99. The first kappa shape index (κ1) is 15.4. The van der Waals surface area contributed by atoms with Gasteiger partial charge in [0.25, 0.3) is 0 Å². The first-order chi connectivity index (χ1) is 10.2. The Bertz CT molecular complexity index is 613. The number of ether oxygens (including phenoxy) is 1. The van der Waals surface area contributed by atoms with Crippen LogP contribution in [0.25, 0.3) is 0 Å². The van der Waals surface area contributed by atoms with E-state index in [9.17, 15) is 4.79 Å². The molecule has 2 aromatic rings. The second-order valence-electron chi connectivity index (χ2n) is 4.56. The van der Waals surface area contributed by atoms with Crippen molar-refractivity contribution in [2.45, 2.75) is 17.7 Å². The van der Waals surface area contributed by atoms with Crippen molar-refractivity contribution in [3.05, 3.63) is 54.1 Å². The Morgan fingerprint density at radius 3 is 2.62 bits per heavy atom. The minimum absolute atomic E-state index is 0.0161. The van der Waals surface area contributed by atoms with E-state index in [0.717, 1.165) is 21.9 Å². The molecule has 0 radical (unpaired) electrons. The van der Waals surface area contributed by atoms with Gasteiger partial charge in [0.05, 0.1) is 12.8 Å². The van der Waals surface area contributed by atoms with Gasteiger partial charge in [-0.15, -0.1) is 11.8 Å². The van der Waals surface area contributed by atoms with Gasteiger partial charge in [0.1, 0.15) is 5.75 Å². The lowest BCUT2D eigenvalue weighted by Crippen LogP contribution is -2.13. The Morgan fingerprint density at radius 2 is 1.86 bits per heavy atom. The number of para-hydroxylation sites is 2. The number of thioether (sulfide) groups is 1. The topological polar surface area (TPSA) is 38.3 Å². The summed E-state index contributed by atoms with van der Waals surface area (Å²) in [6, 6.07) is 15.6. The van der Waals surface area contributed by atoms with Crippen molar-refractivity contribution in [3.63, 3.8) is 0 Å². The van der Waals surface area contributed by atoms with Crippen LogP contribution in [0.3, 0.4) is 0 Å². The molecule has 3 nitrogen and oxygen atoms in total. The average molecular weight is 301 g/mol. The number of rotatable bonds is 6. The fourth-order valence-electron chi connectivity index (χ4n) is 2.12. The van der Waals surface area contributed by atoms with E-state index in [1.807, 2.05) is 54.8 Å². The molecule has 1 amide bonds. The first-order valence-corrected chi connectivity index (χ1v) is 8.02. The van der Waals surface area contributed by atoms with Crippen LogP contribution in [0.1, 0.15) is 12.0 Å². The highest BCUT2D eigenvalue weighted by atomic mass is 32.2. The van der Waals surface area contributed by atoms with Gasteiger partial charge in [0.15, 0.2) is 0 Å². The lowest BCUT2D eigenvalue weighted by atomic mass is 10.1. The van der Waals surface area contributed by atoms with Crippen molar-refractivity contribution >= 4 is 23.4 Å². The van der Waals surface area contributed by atoms with Crippen LogP contribution in [0, 0.1) is 0 Å². The lowest BCUT2D eigenvalue weighted by molar-refractivity contribution is -0.116. The summed E-state index contributed by atoms with van der Waals surface area (Å²) in [5, 5.41) is 2.97. The van der Waals surface area contributed by atoms with Crippen molar-refractivity contribution in [2.75, 3.05) is 18.7 Å². The number of methoxy groups -OCH3 is 1. The molecule has 0 saturated heterocycles. The van der Waals surface area contributed by atoms with E-state index in [0.29, 0.717) is 12.8 Å². The van der Waals surface area contributed by atoms with Crippen LogP contribution in [0.15, 0.2) is 53.4 Å². The fourth-order valence-corrected chi connectivity index (χ4v) is 2.67. The Morgan fingerprint density at radius 1 is 1.14 bits per heavy atom. The number of aryl methyl sites for hydroxylation is 1. The van der Waals surface area contributed by atoms with Gasteiger partial charge >= 0.3 is 0 Å². The smallest absolute Gasteiger partial charge is 0.224 e. The summed E-state index contributed by atoms with van der Waals surface area (Å²) < 4.78 is 5.30. The van der Waals surface area contributed by atoms with Gasteiger partial charge in [-0.3, -0.25) is 4.79 Å². The molecule has 0 aliphatic carbocycles. The molecule has 0 spiro atoms. The molecule has 110 valence electrons. The first-order valence-electron chi connectivity index (χ1n) is 6.79. The second kappa shape index (κ2) is 7.74. The number of amides is 1. The summed E-state index contributed by atoms with van der Waals surface area (Å²) >= 11 is 1.62. The number of nitrogens with one attached hydrogen (secondary N) is 1. The Kier molecular flexibility index (Phi) is 5.69. The molecule has 0 aliphatic heterocycles. The van der Waals surface area contributed by atoms with Gasteiger partial charge in [-0.2, -0.15) is 0 Å². The molecule has 2 rings (SSSR count). The SMILES string of the molecule is COc1ccccc1CCC(=O)Nc1ccccc1SC. The Hall–Kier alpha value is -1.94. The molecule has 21 heavy (non-hydrogen) atoms. The molecule has 1 N–H and O–H groups in total. The summed E-state index contributed by atoms with van der Waals surface area (Å²) in [6.07, 6.45) is 3.10. The third-order valence-electron chi connectivity index (χ3n) is 3.19. The van der Waals surface area contributed by atoms with Gasteiger partial charge in [-0.05, 0) is 36.4 Å². The number of carbonyl (C=O) groups excluding carboxylic acids is 1. The number of benzene rings is 2. The largest absolute Gasteiger partial charge is 0.496 e. The van der Waals surface area contributed by atoms with E-state index in [1.165, 1.54) is 0 Å². The Balaban J connectivity index is 1.96. The van der Waals surface area contributed by atoms with E-state index in [2.05, 4.69) is 5.32 Å². The third kappa shape index (κ3) is 4.26. The van der Waals surface area contributed by atoms with E-state index in [1.54, 1.807) is 18.9 Å². The standard InChI is InChI=1S/C17H19NO2S/c1-20-15-9-5-3-7-13(15)11-12-17(19)18-14-8-4-6-10-16(14)21-2/h3-10H,11-12H2,1-2H3,(H,18,19). The maximum absolute atomic E-state index is 12.1. The molecule has 0 unspecified atom stereocenters. The van der Waals surface area contributed by atoms with Crippen LogP contribution < -0.4 is 10.1 Å². The zero-order valence-corrected chi connectivity index (χ0v) is 13.1. The van der Waals surface area contributed by atoms with Crippen LogP contribution in [0.4, 0.5) is 5.69 Å².